The zero-order chi connectivity index (χ0) is 16.8. The highest BCUT2D eigenvalue weighted by Gasteiger charge is 2.05. The first-order valence-electron chi connectivity index (χ1n) is 6.62. The van der Waals surface area contributed by atoms with Crippen LogP contribution in [0.3, 0.4) is 0 Å². The second-order valence-electron chi connectivity index (χ2n) is 4.60. The van der Waals surface area contributed by atoms with Crippen molar-refractivity contribution >= 4 is 46.4 Å². The van der Waals surface area contributed by atoms with Crippen LogP contribution in [0, 0.1) is 0 Å². The van der Waals surface area contributed by atoms with Gasteiger partial charge in [-0.2, -0.15) is 5.10 Å². The Hall–Kier alpha value is -1.75. The number of halogens is 3. The molecule has 23 heavy (non-hydrogen) atoms. The Morgan fingerprint density at radius 1 is 1.09 bits per heavy atom. The molecule has 2 aromatic rings. The lowest BCUT2D eigenvalue weighted by Gasteiger charge is -2.06. The van der Waals surface area contributed by atoms with Crippen molar-refractivity contribution in [3.05, 3.63) is 63.1 Å². The Morgan fingerprint density at radius 3 is 2.43 bits per heavy atom. The maximum absolute atomic E-state index is 11.7. The molecule has 0 spiro atoms. The molecule has 0 saturated carbocycles. The summed E-state index contributed by atoms with van der Waals surface area (Å²) in [4.78, 5) is 11.7. The van der Waals surface area contributed by atoms with Crippen LogP contribution < -0.4 is 10.2 Å². The summed E-state index contributed by atoms with van der Waals surface area (Å²) in [6, 6.07) is 11.8. The van der Waals surface area contributed by atoms with Crippen LogP contribution in [-0.4, -0.2) is 18.2 Å². The molecule has 0 aliphatic carbocycles. The maximum atomic E-state index is 11.7. The minimum Gasteiger partial charge on any atom is -0.484 e. The molecule has 0 unspecified atom stereocenters. The summed E-state index contributed by atoms with van der Waals surface area (Å²) in [6.07, 6.45) is 0. The van der Waals surface area contributed by atoms with Crippen LogP contribution in [0.2, 0.25) is 15.1 Å². The van der Waals surface area contributed by atoms with E-state index >= 15 is 0 Å². The number of carbonyl (C=O) groups excluding carboxylic acids is 1. The van der Waals surface area contributed by atoms with Gasteiger partial charge in [0.1, 0.15) is 5.75 Å². The summed E-state index contributed by atoms with van der Waals surface area (Å²) in [5, 5.41) is 5.50. The van der Waals surface area contributed by atoms with Crippen molar-refractivity contribution in [1.82, 2.24) is 5.43 Å². The average molecular weight is 372 g/mol. The van der Waals surface area contributed by atoms with Gasteiger partial charge in [-0.05, 0) is 48.9 Å². The molecule has 0 atom stereocenters. The van der Waals surface area contributed by atoms with Gasteiger partial charge < -0.3 is 4.74 Å². The molecule has 4 nitrogen and oxygen atoms in total. The largest absolute Gasteiger partial charge is 0.484 e. The third kappa shape index (κ3) is 5.43. The van der Waals surface area contributed by atoms with Crippen LogP contribution in [0.15, 0.2) is 47.6 Å². The van der Waals surface area contributed by atoms with Crippen molar-refractivity contribution < 1.29 is 9.53 Å². The number of rotatable bonds is 5. The van der Waals surface area contributed by atoms with Gasteiger partial charge in [-0.15, -0.1) is 0 Å². The van der Waals surface area contributed by atoms with E-state index in [0.717, 1.165) is 5.56 Å². The fourth-order valence-electron chi connectivity index (χ4n) is 1.64. The molecule has 0 saturated heterocycles. The molecule has 0 fully saturated rings. The zero-order valence-electron chi connectivity index (χ0n) is 12.1. The first-order valence-corrected chi connectivity index (χ1v) is 7.76. The lowest BCUT2D eigenvalue weighted by Crippen LogP contribution is -2.25. The van der Waals surface area contributed by atoms with E-state index < -0.39 is 0 Å². The highest BCUT2D eigenvalue weighted by atomic mass is 35.5. The minimum atomic E-state index is -0.376. The number of hydrazone groups is 1. The summed E-state index contributed by atoms with van der Waals surface area (Å²) < 4.78 is 5.32. The van der Waals surface area contributed by atoms with Crippen molar-refractivity contribution in [2.75, 3.05) is 6.61 Å². The Bertz CT molecular complexity index is 731. The van der Waals surface area contributed by atoms with Crippen molar-refractivity contribution in [3.8, 4) is 5.75 Å². The van der Waals surface area contributed by atoms with Gasteiger partial charge in [0.2, 0.25) is 0 Å². The molecule has 2 aromatic carbocycles. The molecular formula is C16H13Cl3N2O2. The fraction of sp³-hybridized carbons (Fsp3) is 0.125. The quantitative estimate of drug-likeness (QED) is 0.618. The number of nitrogens with one attached hydrogen (secondary N) is 1. The molecule has 0 aliphatic heterocycles. The summed E-state index contributed by atoms with van der Waals surface area (Å²) in [5.74, 6) is 0.175. The SMILES string of the molecule is CC(=NNC(=O)COc1ccc(Cl)cc1)c1ccc(Cl)c(Cl)c1. The minimum absolute atomic E-state index is 0.153. The van der Waals surface area contributed by atoms with Gasteiger partial charge in [0.05, 0.1) is 15.8 Å². The number of ether oxygens (including phenoxy) is 1. The number of carbonyl (C=O) groups is 1. The summed E-state index contributed by atoms with van der Waals surface area (Å²) >= 11 is 17.6. The van der Waals surface area contributed by atoms with Gasteiger partial charge in [-0.1, -0.05) is 40.9 Å². The van der Waals surface area contributed by atoms with Crippen molar-refractivity contribution in [2.24, 2.45) is 5.10 Å². The third-order valence-electron chi connectivity index (χ3n) is 2.87. The van der Waals surface area contributed by atoms with Gasteiger partial charge in [-0.3, -0.25) is 4.79 Å². The normalized spacial score (nSPS) is 11.2. The van der Waals surface area contributed by atoms with Crippen LogP contribution in [0.4, 0.5) is 0 Å². The molecule has 0 aromatic heterocycles. The number of hydrogen-bond donors (Lipinski definition) is 1. The lowest BCUT2D eigenvalue weighted by atomic mass is 10.1. The predicted molar refractivity (Wildman–Crippen MR) is 93.8 cm³/mol. The molecular weight excluding hydrogens is 359 g/mol. The number of benzene rings is 2. The van der Waals surface area contributed by atoms with E-state index in [-0.39, 0.29) is 12.5 Å². The van der Waals surface area contributed by atoms with E-state index in [4.69, 9.17) is 39.5 Å². The van der Waals surface area contributed by atoms with Gasteiger partial charge in [0.25, 0.3) is 5.91 Å². The standard InChI is InChI=1S/C16H13Cl3N2O2/c1-10(11-2-7-14(18)15(19)8-11)20-21-16(22)9-23-13-5-3-12(17)4-6-13/h2-8H,9H2,1H3,(H,21,22). The van der Waals surface area contributed by atoms with E-state index in [0.29, 0.717) is 26.5 Å². The lowest BCUT2D eigenvalue weighted by molar-refractivity contribution is -0.123. The molecule has 0 bridgehead atoms. The van der Waals surface area contributed by atoms with Gasteiger partial charge in [-0.25, -0.2) is 5.43 Å². The van der Waals surface area contributed by atoms with Gasteiger partial charge in [0, 0.05) is 5.02 Å². The summed E-state index contributed by atoms with van der Waals surface area (Å²) in [6.45, 7) is 1.60. The van der Waals surface area contributed by atoms with E-state index in [1.165, 1.54) is 0 Å². The fourth-order valence-corrected chi connectivity index (χ4v) is 2.07. The molecule has 0 radical (unpaired) electrons. The van der Waals surface area contributed by atoms with E-state index in [2.05, 4.69) is 10.5 Å². The van der Waals surface area contributed by atoms with Crippen LogP contribution >= 0.6 is 34.8 Å². The topological polar surface area (TPSA) is 50.7 Å². The van der Waals surface area contributed by atoms with Crippen molar-refractivity contribution in [2.45, 2.75) is 6.92 Å². The second-order valence-corrected chi connectivity index (χ2v) is 5.85. The second kappa shape index (κ2) is 8.20. The highest BCUT2D eigenvalue weighted by Crippen LogP contribution is 2.22. The Kier molecular flexibility index (Phi) is 6.28. The van der Waals surface area contributed by atoms with Crippen molar-refractivity contribution in [1.29, 1.82) is 0 Å². The predicted octanol–water partition coefficient (Wildman–Crippen LogP) is 4.57. The molecule has 0 heterocycles. The first kappa shape index (κ1) is 17.6. The van der Waals surface area contributed by atoms with Crippen LogP contribution in [0.25, 0.3) is 0 Å². The smallest absolute Gasteiger partial charge is 0.277 e. The molecule has 1 N–H and O–H groups in total. The summed E-state index contributed by atoms with van der Waals surface area (Å²) in [5.41, 5.74) is 3.78. The number of hydrogen-bond acceptors (Lipinski definition) is 3. The van der Waals surface area contributed by atoms with E-state index in [9.17, 15) is 4.79 Å². The first-order chi connectivity index (χ1) is 11.0. The molecule has 0 aliphatic rings. The van der Waals surface area contributed by atoms with Crippen LogP contribution in [0.1, 0.15) is 12.5 Å². The van der Waals surface area contributed by atoms with Gasteiger partial charge in [0.15, 0.2) is 6.61 Å². The molecule has 1 amide bonds. The van der Waals surface area contributed by atoms with Crippen LogP contribution in [0.5, 0.6) is 5.75 Å². The van der Waals surface area contributed by atoms with Crippen LogP contribution in [-0.2, 0) is 4.79 Å². The summed E-state index contributed by atoms with van der Waals surface area (Å²) in [7, 11) is 0. The Morgan fingerprint density at radius 2 is 1.78 bits per heavy atom. The highest BCUT2D eigenvalue weighted by molar-refractivity contribution is 6.42. The van der Waals surface area contributed by atoms with E-state index in [1.54, 1.807) is 49.4 Å². The maximum Gasteiger partial charge on any atom is 0.277 e. The average Bonchev–Trinajstić information content (AvgIpc) is 2.54. The Balaban J connectivity index is 1.89. The van der Waals surface area contributed by atoms with Gasteiger partial charge >= 0.3 is 0 Å². The number of nitrogens with zero attached hydrogens (tertiary/aromatic N) is 1. The Labute approximate surface area is 149 Å². The molecule has 2 rings (SSSR count). The number of amides is 1. The zero-order valence-corrected chi connectivity index (χ0v) is 14.4. The van der Waals surface area contributed by atoms with Crippen molar-refractivity contribution in [3.63, 3.8) is 0 Å². The molecule has 120 valence electrons. The van der Waals surface area contributed by atoms with E-state index in [1.807, 2.05) is 0 Å². The third-order valence-corrected chi connectivity index (χ3v) is 3.86. The molecule has 7 heteroatoms. The monoisotopic (exact) mass is 370 g/mol.